The van der Waals surface area contributed by atoms with Crippen molar-refractivity contribution in [2.45, 2.75) is 26.5 Å². The summed E-state index contributed by atoms with van der Waals surface area (Å²) in [6.45, 7) is 4.06. The molecule has 0 saturated heterocycles. The molecule has 1 aliphatic heterocycles. The third-order valence-corrected chi connectivity index (χ3v) is 2.61. The average Bonchev–Trinajstić information content (AvgIpc) is 2.77. The molecule has 1 heterocycles. The van der Waals surface area contributed by atoms with E-state index < -0.39 is 0 Å². The highest BCUT2D eigenvalue weighted by Gasteiger charge is 2.18. The van der Waals surface area contributed by atoms with Crippen molar-refractivity contribution in [2.24, 2.45) is 5.16 Å². The third-order valence-electron chi connectivity index (χ3n) is 2.61. The molecular formula is C12H16N2O2. The molecule has 0 spiro atoms. The minimum absolute atomic E-state index is 0.00240. The van der Waals surface area contributed by atoms with Gasteiger partial charge < -0.3 is 14.9 Å². The topological polar surface area (TPSA) is 42.8 Å². The van der Waals surface area contributed by atoms with Gasteiger partial charge in [-0.15, -0.1) is 0 Å². The van der Waals surface area contributed by atoms with E-state index in [0.717, 1.165) is 29.1 Å². The Balaban J connectivity index is 2.20. The summed E-state index contributed by atoms with van der Waals surface area (Å²) < 4.78 is 5.21. The molecule has 4 nitrogen and oxygen atoms in total. The van der Waals surface area contributed by atoms with Gasteiger partial charge in [0.15, 0.2) is 12.1 Å². The van der Waals surface area contributed by atoms with Crippen LogP contribution in [0, 0.1) is 6.92 Å². The standard InChI is InChI=1S/C12H16N2O2/c1-4-11-13-12(14-16-11)9-5-6-10(15-3)8(2)7-9/h5-7,11H,4H2,1-3H3,(H,13,14). The van der Waals surface area contributed by atoms with Gasteiger partial charge in [-0.25, -0.2) is 0 Å². The van der Waals surface area contributed by atoms with E-state index in [1.54, 1.807) is 7.11 Å². The van der Waals surface area contributed by atoms with Gasteiger partial charge in [0.05, 0.1) is 7.11 Å². The van der Waals surface area contributed by atoms with Crippen LogP contribution < -0.4 is 10.1 Å². The first-order chi connectivity index (χ1) is 7.74. The van der Waals surface area contributed by atoms with E-state index in [2.05, 4.69) is 17.4 Å². The SMILES string of the molecule is CCC1NC(c2ccc(OC)c(C)c2)=NO1. The first-order valence-corrected chi connectivity index (χ1v) is 5.40. The van der Waals surface area contributed by atoms with Crippen molar-refractivity contribution in [1.82, 2.24) is 5.32 Å². The molecule has 1 unspecified atom stereocenters. The molecule has 1 atom stereocenters. The van der Waals surface area contributed by atoms with E-state index in [1.807, 2.05) is 25.1 Å². The van der Waals surface area contributed by atoms with Crippen LogP contribution in [0.15, 0.2) is 23.4 Å². The van der Waals surface area contributed by atoms with Gasteiger partial charge in [-0.1, -0.05) is 12.1 Å². The Kier molecular flexibility index (Phi) is 2.99. The van der Waals surface area contributed by atoms with Crippen LogP contribution >= 0.6 is 0 Å². The van der Waals surface area contributed by atoms with Gasteiger partial charge in [0.1, 0.15) is 5.75 Å². The van der Waals surface area contributed by atoms with Crippen LogP contribution in [-0.2, 0) is 4.84 Å². The van der Waals surface area contributed by atoms with Gasteiger partial charge in [-0.05, 0) is 30.7 Å². The maximum absolute atomic E-state index is 5.21. The zero-order chi connectivity index (χ0) is 11.5. The molecule has 1 aliphatic rings. The minimum Gasteiger partial charge on any atom is -0.496 e. The van der Waals surface area contributed by atoms with E-state index in [-0.39, 0.29) is 6.23 Å². The van der Waals surface area contributed by atoms with Crippen LogP contribution in [0.25, 0.3) is 0 Å². The fraction of sp³-hybridized carbons (Fsp3) is 0.417. The van der Waals surface area contributed by atoms with E-state index >= 15 is 0 Å². The van der Waals surface area contributed by atoms with Crippen molar-refractivity contribution in [3.63, 3.8) is 0 Å². The first kappa shape index (κ1) is 10.8. The van der Waals surface area contributed by atoms with E-state index in [1.165, 1.54) is 0 Å². The predicted molar refractivity (Wildman–Crippen MR) is 62.6 cm³/mol. The van der Waals surface area contributed by atoms with Crippen molar-refractivity contribution in [2.75, 3.05) is 7.11 Å². The molecule has 0 saturated carbocycles. The Morgan fingerprint density at radius 2 is 2.31 bits per heavy atom. The summed E-state index contributed by atoms with van der Waals surface area (Å²) in [6.07, 6.45) is 0.889. The molecule has 0 aromatic heterocycles. The summed E-state index contributed by atoms with van der Waals surface area (Å²) in [4.78, 5) is 5.21. The highest BCUT2D eigenvalue weighted by molar-refractivity contribution is 5.99. The lowest BCUT2D eigenvalue weighted by atomic mass is 10.1. The number of benzene rings is 1. The Morgan fingerprint density at radius 3 is 2.88 bits per heavy atom. The molecular weight excluding hydrogens is 204 g/mol. The van der Waals surface area contributed by atoms with E-state index in [9.17, 15) is 0 Å². The van der Waals surface area contributed by atoms with Crippen LogP contribution in [0.4, 0.5) is 0 Å². The molecule has 0 amide bonds. The lowest BCUT2D eigenvalue weighted by Gasteiger charge is -2.08. The lowest BCUT2D eigenvalue weighted by Crippen LogP contribution is -2.29. The normalized spacial score (nSPS) is 18.7. The Morgan fingerprint density at radius 1 is 1.50 bits per heavy atom. The van der Waals surface area contributed by atoms with Crippen molar-refractivity contribution in [3.8, 4) is 5.75 Å². The predicted octanol–water partition coefficient (Wildman–Crippen LogP) is 2.02. The summed E-state index contributed by atoms with van der Waals surface area (Å²) in [5.41, 5.74) is 2.11. The molecule has 0 aliphatic carbocycles. The molecule has 4 heteroatoms. The number of nitrogens with zero attached hydrogens (tertiary/aromatic N) is 1. The fourth-order valence-corrected chi connectivity index (χ4v) is 1.66. The second kappa shape index (κ2) is 4.43. The number of amidine groups is 1. The van der Waals surface area contributed by atoms with Crippen molar-refractivity contribution in [3.05, 3.63) is 29.3 Å². The second-order valence-electron chi connectivity index (χ2n) is 3.77. The molecule has 0 fully saturated rings. The molecule has 1 aromatic rings. The number of aryl methyl sites for hydroxylation is 1. The number of ether oxygens (including phenoxy) is 1. The quantitative estimate of drug-likeness (QED) is 0.847. The maximum atomic E-state index is 5.21. The summed E-state index contributed by atoms with van der Waals surface area (Å²) in [6, 6.07) is 5.94. The van der Waals surface area contributed by atoms with Crippen LogP contribution in [0.2, 0.25) is 0 Å². The zero-order valence-electron chi connectivity index (χ0n) is 9.78. The maximum Gasteiger partial charge on any atom is 0.198 e. The van der Waals surface area contributed by atoms with Gasteiger partial charge in [-0.3, -0.25) is 0 Å². The number of oxime groups is 1. The fourth-order valence-electron chi connectivity index (χ4n) is 1.66. The van der Waals surface area contributed by atoms with Crippen LogP contribution in [-0.4, -0.2) is 19.2 Å². The van der Waals surface area contributed by atoms with Gasteiger partial charge in [0.25, 0.3) is 0 Å². The van der Waals surface area contributed by atoms with E-state index in [4.69, 9.17) is 9.57 Å². The van der Waals surface area contributed by atoms with Gasteiger partial charge in [0, 0.05) is 12.0 Å². The molecule has 0 bridgehead atoms. The zero-order valence-corrected chi connectivity index (χ0v) is 9.78. The molecule has 1 aromatic carbocycles. The highest BCUT2D eigenvalue weighted by atomic mass is 16.7. The van der Waals surface area contributed by atoms with Crippen molar-refractivity contribution in [1.29, 1.82) is 0 Å². The number of hydrogen-bond acceptors (Lipinski definition) is 4. The Hall–Kier alpha value is -1.71. The van der Waals surface area contributed by atoms with Crippen LogP contribution in [0.3, 0.4) is 0 Å². The van der Waals surface area contributed by atoms with Crippen molar-refractivity contribution < 1.29 is 9.57 Å². The summed E-state index contributed by atoms with van der Waals surface area (Å²) >= 11 is 0. The van der Waals surface area contributed by atoms with Crippen LogP contribution in [0.1, 0.15) is 24.5 Å². The highest BCUT2D eigenvalue weighted by Crippen LogP contribution is 2.19. The summed E-state index contributed by atoms with van der Waals surface area (Å²) in [5, 5.41) is 7.23. The van der Waals surface area contributed by atoms with Gasteiger partial charge >= 0.3 is 0 Å². The Labute approximate surface area is 95.2 Å². The van der Waals surface area contributed by atoms with Crippen LogP contribution in [0.5, 0.6) is 5.75 Å². The monoisotopic (exact) mass is 220 g/mol. The Bertz CT molecular complexity index is 415. The van der Waals surface area contributed by atoms with Crippen molar-refractivity contribution >= 4 is 5.84 Å². The number of nitrogens with one attached hydrogen (secondary N) is 1. The smallest absolute Gasteiger partial charge is 0.198 e. The number of hydrogen-bond donors (Lipinski definition) is 1. The lowest BCUT2D eigenvalue weighted by molar-refractivity contribution is 0.0704. The first-order valence-electron chi connectivity index (χ1n) is 5.40. The molecule has 1 N–H and O–H groups in total. The van der Waals surface area contributed by atoms with Gasteiger partial charge in [0.2, 0.25) is 0 Å². The number of rotatable bonds is 3. The van der Waals surface area contributed by atoms with Gasteiger partial charge in [-0.2, -0.15) is 0 Å². The molecule has 0 radical (unpaired) electrons. The molecule has 2 rings (SSSR count). The average molecular weight is 220 g/mol. The second-order valence-corrected chi connectivity index (χ2v) is 3.77. The summed E-state index contributed by atoms with van der Waals surface area (Å²) in [7, 11) is 1.67. The summed E-state index contributed by atoms with van der Waals surface area (Å²) in [5.74, 6) is 1.67. The van der Waals surface area contributed by atoms with E-state index in [0.29, 0.717) is 0 Å². The minimum atomic E-state index is -0.00240. The molecule has 86 valence electrons. The molecule has 16 heavy (non-hydrogen) atoms. The largest absolute Gasteiger partial charge is 0.496 e. The third kappa shape index (κ3) is 1.96. The number of methoxy groups -OCH3 is 1.